The quantitative estimate of drug-likeness (QED) is 0.826. The third kappa shape index (κ3) is 2.48. The minimum Gasteiger partial charge on any atom is -0.481 e. The molecule has 2 atom stereocenters. The van der Waals surface area contributed by atoms with Gasteiger partial charge in [-0.05, 0) is 32.4 Å². The van der Waals surface area contributed by atoms with Crippen LogP contribution >= 0.6 is 0 Å². The van der Waals surface area contributed by atoms with E-state index in [1.807, 2.05) is 18.7 Å². The summed E-state index contributed by atoms with van der Waals surface area (Å²) in [6.07, 6.45) is 1.95. The summed E-state index contributed by atoms with van der Waals surface area (Å²) >= 11 is 0. The Morgan fingerprint density at radius 2 is 1.68 bits per heavy atom. The Morgan fingerprint density at radius 3 is 2.05 bits per heavy atom. The second-order valence-electron chi connectivity index (χ2n) is 6.64. The number of nitrogens with zero attached hydrogens (tertiary/aromatic N) is 2. The van der Waals surface area contributed by atoms with E-state index in [1.165, 1.54) is 0 Å². The number of hydrogen-bond donors (Lipinski definition) is 1. The lowest BCUT2D eigenvalue weighted by Crippen LogP contribution is -2.45. The predicted octanol–water partition coefficient (Wildman–Crippen LogP) is 0.896. The molecule has 0 aromatic rings. The van der Waals surface area contributed by atoms with E-state index in [0.717, 1.165) is 25.9 Å². The normalized spacial score (nSPS) is 30.5. The Balaban J connectivity index is 1.94. The first-order valence-electron chi connectivity index (χ1n) is 6.95. The topological polar surface area (TPSA) is 60.9 Å². The number of carboxylic acid groups (broad SMARTS) is 1. The highest BCUT2D eigenvalue weighted by atomic mass is 16.4. The summed E-state index contributed by atoms with van der Waals surface area (Å²) in [4.78, 5) is 27.6. The van der Waals surface area contributed by atoms with Gasteiger partial charge in [0.2, 0.25) is 5.91 Å². The Hall–Kier alpha value is -1.10. The molecule has 0 aromatic carbocycles. The SMILES string of the molecule is CN(C)C1CCN(C(=O)[C@H]2[C@@H](C(=O)O)C2(C)C)CC1. The van der Waals surface area contributed by atoms with Gasteiger partial charge in [0.1, 0.15) is 0 Å². The Kier molecular flexibility index (Phi) is 3.60. The van der Waals surface area contributed by atoms with E-state index in [1.54, 1.807) is 0 Å². The van der Waals surface area contributed by atoms with E-state index in [2.05, 4.69) is 19.0 Å². The van der Waals surface area contributed by atoms with E-state index in [9.17, 15) is 9.59 Å². The first-order valence-corrected chi connectivity index (χ1v) is 6.95. The van der Waals surface area contributed by atoms with Crippen LogP contribution in [0.1, 0.15) is 26.7 Å². The number of carbonyl (C=O) groups excluding carboxylic acids is 1. The van der Waals surface area contributed by atoms with Crippen molar-refractivity contribution in [3.8, 4) is 0 Å². The standard InChI is InChI=1S/C14H24N2O3/c1-14(2)10(11(14)13(18)19)12(17)16-7-5-9(6-8-16)15(3)4/h9-11H,5-8H2,1-4H3,(H,18,19)/t10-,11+/m1/s1. The molecule has 0 bridgehead atoms. The summed E-state index contributed by atoms with van der Waals surface area (Å²) in [6.45, 7) is 5.25. The molecule has 2 fully saturated rings. The molecule has 0 spiro atoms. The second-order valence-corrected chi connectivity index (χ2v) is 6.64. The highest BCUT2D eigenvalue weighted by Gasteiger charge is 2.66. The van der Waals surface area contributed by atoms with Crippen molar-refractivity contribution in [3.63, 3.8) is 0 Å². The summed E-state index contributed by atoms with van der Waals surface area (Å²) in [5.74, 6) is -1.64. The molecular weight excluding hydrogens is 244 g/mol. The average Bonchev–Trinajstić information content (AvgIpc) is 2.91. The van der Waals surface area contributed by atoms with Crippen molar-refractivity contribution in [2.24, 2.45) is 17.3 Å². The van der Waals surface area contributed by atoms with E-state index < -0.39 is 11.9 Å². The molecule has 108 valence electrons. The number of piperidine rings is 1. The smallest absolute Gasteiger partial charge is 0.307 e. The summed E-state index contributed by atoms with van der Waals surface area (Å²) in [6, 6.07) is 0.534. The van der Waals surface area contributed by atoms with Crippen LogP contribution in [0, 0.1) is 17.3 Å². The van der Waals surface area contributed by atoms with Gasteiger partial charge in [-0.15, -0.1) is 0 Å². The molecule has 5 heteroatoms. The third-order valence-corrected chi connectivity index (χ3v) is 4.87. The maximum Gasteiger partial charge on any atom is 0.307 e. The van der Waals surface area contributed by atoms with Gasteiger partial charge in [-0.25, -0.2) is 0 Å². The van der Waals surface area contributed by atoms with Crippen molar-refractivity contribution in [1.29, 1.82) is 0 Å². The Labute approximate surface area is 114 Å². The van der Waals surface area contributed by atoms with Crippen LogP contribution in [0.5, 0.6) is 0 Å². The highest BCUT2D eigenvalue weighted by Crippen LogP contribution is 2.59. The van der Waals surface area contributed by atoms with Gasteiger partial charge in [0.15, 0.2) is 0 Å². The number of amides is 1. The molecule has 2 aliphatic rings. The number of likely N-dealkylation sites (tertiary alicyclic amines) is 1. The lowest BCUT2D eigenvalue weighted by Gasteiger charge is -2.35. The highest BCUT2D eigenvalue weighted by molar-refractivity contribution is 5.91. The average molecular weight is 268 g/mol. The van der Waals surface area contributed by atoms with Crippen molar-refractivity contribution < 1.29 is 14.7 Å². The van der Waals surface area contributed by atoms with E-state index >= 15 is 0 Å². The number of rotatable bonds is 3. The molecule has 1 saturated heterocycles. The van der Waals surface area contributed by atoms with Crippen LogP contribution < -0.4 is 0 Å². The minimum atomic E-state index is -0.841. The third-order valence-electron chi connectivity index (χ3n) is 4.87. The largest absolute Gasteiger partial charge is 0.481 e. The maximum atomic E-state index is 12.4. The molecule has 1 aliphatic heterocycles. The van der Waals surface area contributed by atoms with Gasteiger partial charge < -0.3 is 14.9 Å². The minimum absolute atomic E-state index is 0.0367. The van der Waals surface area contributed by atoms with Crippen molar-refractivity contribution in [2.75, 3.05) is 27.2 Å². The van der Waals surface area contributed by atoms with Gasteiger partial charge in [-0.3, -0.25) is 9.59 Å². The molecule has 1 saturated carbocycles. The van der Waals surface area contributed by atoms with Gasteiger partial charge in [0, 0.05) is 19.1 Å². The molecular formula is C14H24N2O3. The van der Waals surface area contributed by atoms with Crippen molar-refractivity contribution in [2.45, 2.75) is 32.7 Å². The van der Waals surface area contributed by atoms with Crippen molar-refractivity contribution in [1.82, 2.24) is 9.80 Å². The van der Waals surface area contributed by atoms with Gasteiger partial charge in [-0.1, -0.05) is 13.8 Å². The van der Waals surface area contributed by atoms with Crippen LogP contribution in [0.2, 0.25) is 0 Å². The fourth-order valence-corrected chi connectivity index (χ4v) is 3.36. The summed E-state index contributed by atoms with van der Waals surface area (Å²) < 4.78 is 0. The number of aliphatic carboxylic acids is 1. The fourth-order valence-electron chi connectivity index (χ4n) is 3.36. The van der Waals surface area contributed by atoms with Crippen LogP contribution in [0.15, 0.2) is 0 Å². The van der Waals surface area contributed by atoms with Crippen LogP contribution in [0.25, 0.3) is 0 Å². The molecule has 5 nitrogen and oxygen atoms in total. The van der Waals surface area contributed by atoms with Gasteiger partial charge in [0.25, 0.3) is 0 Å². The Bertz CT molecular complexity index is 384. The summed E-state index contributed by atoms with van der Waals surface area (Å²) in [7, 11) is 4.12. The molecule has 2 rings (SSSR count). The molecule has 1 amide bonds. The van der Waals surface area contributed by atoms with Gasteiger partial charge >= 0.3 is 5.97 Å². The monoisotopic (exact) mass is 268 g/mol. The molecule has 1 heterocycles. The molecule has 1 N–H and O–H groups in total. The lowest BCUT2D eigenvalue weighted by molar-refractivity contribution is -0.142. The maximum absolute atomic E-state index is 12.4. The first kappa shape index (κ1) is 14.3. The number of carbonyl (C=O) groups is 2. The van der Waals surface area contributed by atoms with Crippen LogP contribution in [0.4, 0.5) is 0 Å². The van der Waals surface area contributed by atoms with Gasteiger partial charge in [0.05, 0.1) is 11.8 Å². The van der Waals surface area contributed by atoms with Crippen LogP contribution in [-0.4, -0.2) is 60.0 Å². The Morgan fingerprint density at radius 1 is 1.16 bits per heavy atom. The van der Waals surface area contributed by atoms with Crippen molar-refractivity contribution in [3.05, 3.63) is 0 Å². The fraction of sp³-hybridized carbons (Fsp3) is 0.857. The van der Waals surface area contributed by atoms with E-state index in [4.69, 9.17) is 5.11 Å². The lowest BCUT2D eigenvalue weighted by atomic mass is 10.0. The molecule has 19 heavy (non-hydrogen) atoms. The predicted molar refractivity (Wildman–Crippen MR) is 71.7 cm³/mol. The molecule has 0 radical (unpaired) electrons. The summed E-state index contributed by atoms with van der Waals surface area (Å²) in [5.41, 5.74) is -0.388. The van der Waals surface area contributed by atoms with Crippen LogP contribution in [-0.2, 0) is 9.59 Å². The zero-order valence-corrected chi connectivity index (χ0v) is 12.2. The zero-order valence-electron chi connectivity index (χ0n) is 12.2. The van der Waals surface area contributed by atoms with E-state index in [0.29, 0.717) is 6.04 Å². The molecule has 1 aliphatic carbocycles. The van der Waals surface area contributed by atoms with Gasteiger partial charge in [-0.2, -0.15) is 0 Å². The molecule has 0 unspecified atom stereocenters. The second kappa shape index (κ2) is 4.78. The number of carboxylic acids is 1. The van der Waals surface area contributed by atoms with Crippen LogP contribution in [0.3, 0.4) is 0 Å². The van der Waals surface area contributed by atoms with E-state index in [-0.39, 0.29) is 17.2 Å². The number of hydrogen-bond acceptors (Lipinski definition) is 3. The van der Waals surface area contributed by atoms with Crippen molar-refractivity contribution >= 4 is 11.9 Å². The zero-order chi connectivity index (χ0) is 14.4. The molecule has 0 aromatic heterocycles. The summed E-state index contributed by atoms with van der Waals surface area (Å²) in [5, 5.41) is 9.14. The first-order chi connectivity index (χ1) is 8.76.